The molecular formula is C20H25N3O6S. The zero-order valence-electron chi connectivity index (χ0n) is 17.6. The Bertz CT molecular complexity index is 1230. The predicted octanol–water partition coefficient (Wildman–Crippen LogP) is 1.78. The van der Waals surface area contributed by atoms with E-state index in [9.17, 15) is 13.2 Å². The average Bonchev–Trinajstić information content (AvgIpc) is 2.95. The van der Waals surface area contributed by atoms with E-state index in [1.54, 1.807) is 31.3 Å². The van der Waals surface area contributed by atoms with E-state index in [0.717, 1.165) is 6.26 Å². The number of rotatable bonds is 8. The number of hydrogen-bond donors (Lipinski definition) is 0. The van der Waals surface area contributed by atoms with Gasteiger partial charge in [-0.1, -0.05) is 6.07 Å². The van der Waals surface area contributed by atoms with E-state index in [0.29, 0.717) is 40.6 Å². The van der Waals surface area contributed by atoms with Gasteiger partial charge in [0.15, 0.2) is 17.1 Å². The van der Waals surface area contributed by atoms with Crippen LogP contribution in [0.1, 0.15) is 18.5 Å². The van der Waals surface area contributed by atoms with Crippen molar-refractivity contribution < 1.29 is 22.6 Å². The fourth-order valence-corrected chi connectivity index (χ4v) is 4.30. The monoisotopic (exact) mass is 435 g/mol. The highest BCUT2D eigenvalue weighted by Gasteiger charge is 2.26. The maximum absolute atomic E-state index is 13.1. The second-order valence-corrected chi connectivity index (χ2v) is 9.07. The number of nitrogens with zero attached hydrogens (tertiary/aromatic N) is 3. The van der Waals surface area contributed by atoms with Crippen LogP contribution in [0.3, 0.4) is 0 Å². The number of fused-ring (bicyclic) bond motifs is 1. The van der Waals surface area contributed by atoms with Crippen LogP contribution in [0, 0.1) is 0 Å². The van der Waals surface area contributed by atoms with Gasteiger partial charge < -0.3 is 14.2 Å². The summed E-state index contributed by atoms with van der Waals surface area (Å²) in [4.78, 5) is 17.5. The molecular weight excluding hydrogens is 410 g/mol. The lowest BCUT2D eigenvalue weighted by Gasteiger charge is -2.20. The molecule has 2 aromatic heterocycles. The molecule has 0 aliphatic rings. The minimum Gasteiger partial charge on any atom is -0.495 e. The summed E-state index contributed by atoms with van der Waals surface area (Å²) in [6.45, 7) is 2.25. The molecule has 0 spiro atoms. The first kappa shape index (κ1) is 21.7. The Hall–Kier alpha value is -3.01. The highest BCUT2D eigenvalue weighted by molar-refractivity contribution is 7.90. The van der Waals surface area contributed by atoms with E-state index < -0.39 is 15.9 Å². The number of sulfone groups is 1. The van der Waals surface area contributed by atoms with Crippen molar-refractivity contribution in [3.63, 3.8) is 0 Å². The van der Waals surface area contributed by atoms with E-state index >= 15 is 0 Å². The standard InChI is InChI=1S/C20H25N3O6S/c1-6-29-18-9-13(7-8-17(18)28-4)16(12-30(5,25)26)23-19-15(22(2)20(23)24)10-14(27-3)11-21-19/h7-11,16H,6,12H2,1-5H3/t16-/m1/s1. The van der Waals surface area contributed by atoms with Crippen LogP contribution >= 0.6 is 0 Å². The zero-order valence-corrected chi connectivity index (χ0v) is 18.4. The van der Waals surface area contributed by atoms with E-state index in [-0.39, 0.29) is 11.4 Å². The van der Waals surface area contributed by atoms with Crippen LogP contribution in [0.5, 0.6) is 17.2 Å². The quantitative estimate of drug-likeness (QED) is 0.531. The number of ether oxygens (including phenoxy) is 3. The Morgan fingerprint density at radius 1 is 1.13 bits per heavy atom. The lowest BCUT2D eigenvalue weighted by molar-refractivity contribution is 0.310. The number of aryl methyl sites for hydroxylation is 1. The molecule has 3 aromatic rings. The predicted molar refractivity (Wildman–Crippen MR) is 114 cm³/mol. The summed E-state index contributed by atoms with van der Waals surface area (Å²) in [6.07, 6.45) is 2.63. The molecule has 162 valence electrons. The summed E-state index contributed by atoms with van der Waals surface area (Å²) >= 11 is 0. The molecule has 0 fully saturated rings. The molecule has 0 amide bonds. The van der Waals surface area contributed by atoms with Crippen molar-refractivity contribution in [3.05, 3.63) is 46.5 Å². The lowest BCUT2D eigenvalue weighted by Crippen LogP contribution is -2.31. The smallest absolute Gasteiger partial charge is 0.330 e. The van der Waals surface area contributed by atoms with Gasteiger partial charge in [0.25, 0.3) is 0 Å². The molecule has 0 unspecified atom stereocenters. The molecule has 0 radical (unpaired) electrons. The Morgan fingerprint density at radius 3 is 2.47 bits per heavy atom. The number of benzene rings is 1. The Morgan fingerprint density at radius 2 is 1.87 bits per heavy atom. The molecule has 30 heavy (non-hydrogen) atoms. The Labute approximate surface area is 174 Å². The molecule has 0 aliphatic carbocycles. The maximum atomic E-state index is 13.1. The summed E-state index contributed by atoms with van der Waals surface area (Å²) in [6, 6.07) is 6.01. The molecule has 9 nitrogen and oxygen atoms in total. The second-order valence-electron chi connectivity index (χ2n) is 6.88. The van der Waals surface area contributed by atoms with Crippen molar-refractivity contribution >= 4 is 21.0 Å². The highest BCUT2D eigenvalue weighted by atomic mass is 32.2. The minimum absolute atomic E-state index is 0.280. The summed E-state index contributed by atoms with van der Waals surface area (Å²) < 4.78 is 43.5. The van der Waals surface area contributed by atoms with Crippen LogP contribution in [-0.4, -0.2) is 55.4 Å². The van der Waals surface area contributed by atoms with Gasteiger partial charge in [-0.3, -0.25) is 9.13 Å². The minimum atomic E-state index is -3.44. The normalized spacial score (nSPS) is 12.7. The van der Waals surface area contributed by atoms with E-state index in [1.165, 1.54) is 29.6 Å². The zero-order chi connectivity index (χ0) is 22.1. The topological polar surface area (TPSA) is 102 Å². The molecule has 0 saturated heterocycles. The van der Waals surface area contributed by atoms with Crippen molar-refractivity contribution in [2.45, 2.75) is 13.0 Å². The van der Waals surface area contributed by atoms with Gasteiger partial charge in [0, 0.05) is 19.4 Å². The van der Waals surface area contributed by atoms with Crippen LogP contribution in [-0.2, 0) is 16.9 Å². The van der Waals surface area contributed by atoms with Crippen molar-refractivity contribution in [2.24, 2.45) is 7.05 Å². The van der Waals surface area contributed by atoms with Gasteiger partial charge >= 0.3 is 5.69 Å². The molecule has 1 atom stereocenters. The third-order valence-electron chi connectivity index (χ3n) is 4.78. The third kappa shape index (κ3) is 4.13. The van der Waals surface area contributed by atoms with Crippen LogP contribution in [0.2, 0.25) is 0 Å². The molecule has 0 bridgehead atoms. The van der Waals surface area contributed by atoms with Gasteiger partial charge in [0.05, 0.1) is 44.3 Å². The number of aromatic nitrogens is 3. The lowest BCUT2D eigenvalue weighted by atomic mass is 10.1. The molecule has 0 N–H and O–H groups in total. The third-order valence-corrected chi connectivity index (χ3v) is 5.71. The highest BCUT2D eigenvalue weighted by Crippen LogP contribution is 2.33. The summed E-state index contributed by atoms with van der Waals surface area (Å²) in [7, 11) is 1.20. The van der Waals surface area contributed by atoms with Gasteiger partial charge in [0.2, 0.25) is 0 Å². The maximum Gasteiger partial charge on any atom is 0.330 e. The van der Waals surface area contributed by atoms with Crippen LogP contribution < -0.4 is 19.9 Å². The largest absolute Gasteiger partial charge is 0.495 e. The molecule has 2 heterocycles. The number of methoxy groups -OCH3 is 2. The number of hydrogen-bond acceptors (Lipinski definition) is 7. The number of pyridine rings is 1. The molecule has 0 saturated carbocycles. The average molecular weight is 436 g/mol. The fourth-order valence-electron chi connectivity index (χ4n) is 3.38. The van der Waals surface area contributed by atoms with Gasteiger partial charge in [0.1, 0.15) is 15.6 Å². The van der Waals surface area contributed by atoms with Gasteiger partial charge in [-0.15, -0.1) is 0 Å². The van der Waals surface area contributed by atoms with Gasteiger partial charge in [-0.05, 0) is 24.6 Å². The van der Waals surface area contributed by atoms with E-state index in [1.807, 2.05) is 6.92 Å². The van der Waals surface area contributed by atoms with Crippen molar-refractivity contribution in [2.75, 3.05) is 32.8 Å². The van der Waals surface area contributed by atoms with Crippen LogP contribution in [0.25, 0.3) is 11.2 Å². The molecule has 1 aromatic carbocycles. The summed E-state index contributed by atoms with van der Waals surface area (Å²) in [5.74, 6) is 1.21. The second kappa shape index (κ2) is 8.39. The SMILES string of the molecule is CCOc1cc([C@@H](CS(C)(=O)=O)n2c(=O)n(C)c3cc(OC)cnc32)ccc1OC. The van der Waals surface area contributed by atoms with E-state index in [4.69, 9.17) is 14.2 Å². The molecule has 0 aliphatic heterocycles. The van der Waals surface area contributed by atoms with E-state index in [2.05, 4.69) is 4.98 Å². The van der Waals surface area contributed by atoms with Gasteiger partial charge in [-0.25, -0.2) is 18.2 Å². The molecule has 3 rings (SSSR count). The first-order valence-corrected chi connectivity index (χ1v) is 11.4. The summed E-state index contributed by atoms with van der Waals surface area (Å²) in [5, 5.41) is 0. The Balaban J connectivity index is 2.28. The summed E-state index contributed by atoms with van der Waals surface area (Å²) in [5.41, 5.74) is 1.12. The first-order valence-electron chi connectivity index (χ1n) is 9.29. The fraction of sp³-hybridized carbons (Fsp3) is 0.400. The first-order chi connectivity index (χ1) is 14.2. The van der Waals surface area contributed by atoms with Crippen LogP contribution in [0.15, 0.2) is 35.3 Å². The van der Waals surface area contributed by atoms with Crippen molar-refractivity contribution in [1.82, 2.24) is 14.1 Å². The Kier molecular flexibility index (Phi) is 6.06. The number of imidazole rings is 1. The van der Waals surface area contributed by atoms with Crippen molar-refractivity contribution in [3.8, 4) is 17.2 Å². The molecule has 10 heteroatoms. The van der Waals surface area contributed by atoms with Crippen LogP contribution in [0.4, 0.5) is 0 Å². The van der Waals surface area contributed by atoms with Gasteiger partial charge in [-0.2, -0.15) is 0 Å². The van der Waals surface area contributed by atoms with Crippen molar-refractivity contribution in [1.29, 1.82) is 0 Å².